The number of hydrogen-bond donors (Lipinski definition) is 0. The fraction of sp³-hybridized carbons (Fsp3) is 0.250. The fourth-order valence-electron chi connectivity index (χ4n) is 2.86. The molecule has 100 valence electrons. The number of aryl methyl sites for hydroxylation is 1. The Kier molecular flexibility index (Phi) is 2.67. The highest BCUT2D eigenvalue weighted by Crippen LogP contribution is 2.44. The van der Waals surface area contributed by atoms with Crippen molar-refractivity contribution in [2.45, 2.75) is 25.7 Å². The van der Waals surface area contributed by atoms with Crippen molar-refractivity contribution in [1.82, 2.24) is 14.8 Å². The summed E-state index contributed by atoms with van der Waals surface area (Å²) in [6, 6.07) is 13.1. The number of halogens is 1. The van der Waals surface area contributed by atoms with Crippen LogP contribution in [0.5, 0.6) is 0 Å². The zero-order valence-corrected chi connectivity index (χ0v) is 12.8. The van der Waals surface area contributed by atoms with Crippen molar-refractivity contribution in [3.8, 4) is 5.69 Å². The molecule has 20 heavy (non-hydrogen) atoms. The molecule has 1 heterocycles. The minimum absolute atomic E-state index is 0.749. The van der Waals surface area contributed by atoms with Gasteiger partial charge in [-0.2, -0.15) is 0 Å². The van der Waals surface area contributed by atoms with Crippen LogP contribution >= 0.6 is 15.9 Å². The second kappa shape index (κ2) is 4.42. The molecule has 0 radical (unpaired) electrons. The predicted octanol–water partition coefficient (Wildman–Crippen LogP) is 4.37. The summed E-state index contributed by atoms with van der Waals surface area (Å²) in [6.45, 7) is 1.97. The maximum Gasteiger partial charge on any atom is 0.204 e. The second-order valence-electron chi connectivity index (χ2n) is 5.35. The van der Waals surface area contributed by atoms with Crippen molar-refractivity contribution in [1.29, 1.82) is 0 Å². The lowest BCUT2D eigenvalue weighted by molar-refractivity contribution is 0.963. The first-order valence-corrected chi connectivity index (χ1v) is 7.64. The maximum absolute atomic E-state index is 4.14. The van der Waals surface area contributed by atoms with E-state index < -0.39 is 0 Å². The first-order valence-electron chi connectivity index (χ1n) is 6.85. The topological polar surface area (TPSA) is 30.7 Å². The lowest BCUT2D eigenvalue weighted by Gasteiger charge is -2.13. The van der Waals surface area contributed by atoms with Gasteiger partial charge in [0.2, 0.25) is 4.73 Å². The van der Waals surface area contributed by atoms with Gasteiger partial charge >= 0.3 is 0 Å². The Hall–Kier alpha value is -1.68. The van der Waals surface area contributed by atoms with Crippen LogP contribution < -0.4 is 0 Å². The molecule has 2 aromatic carbocycles. The van der Waals surface area contributed by atoms with E-state index in [0.717, 1.165) is 22.2 Å². The average molecular weight is 328 g/mol. The van der Waals surface area contributed by atoms with E-state index in [0.29, 0.717) is 0 Å². The Labute approximate surface area is 125 Å². The average Bonchev–Trinajstić information content (AvgIpc) is 3.25. The summed E-state index contributed by atoms with van der Waals surface area (Å²) < 4.78 is 2.80. The van der Waals surface area contributed by atoms with Crippen LogP contribution in [0.4, 0.5) is 0 Å². The quantitative estimate of drug-likeness (QED) is 0.699. The Morgan fingerprint density at radius 2 is 1.80 bits per heavy atom. The number of benzene rings is 2. The Morgan fingerprint density at radius 3 is 2.45 bits per heavy atom. The zero-order valence-electron chi connectivity index (χ0n) is 11.2. The molecule has 3 nitrogen and oxygen atoms in total. The molecule has 1 aromatic heterocycles. The van der Waals surface area contributed by atoms with Crippen molar-refractivity contribution in [3.05, 3.63) is 52.5 Å². The summed E-state index contributed by atoms with van der Waals surface area (Å²) in [6.07, 6.45) is 2.64. The molecule has 1 fully saturated rings. The van der Waals surface area contributed by atoms with Gasteiger partial charge in [-0.3, -0.25) is 4.57 Å². The monoisotopic (exact) mass is 327 g/mol. The summed E-state index contributed by atoms with van der Waals surface area (Å²) in [5.41, 5.74) is 2.62. The van der Waals surface area contributed by atoms with Gasteiger partial charge in [0.1, 0.15) is 5.82 Å². The summed E-state index contributed by atoms with van der Waals surface area (Å²) in [7, 11) is 0. The first-order chi connectivity index (χ1) is 9.75. The van der Waals surface area contributed by atoms with E-state index in [1.807, 2.05) is 6.92 Å². The lowest BCUT2D eigenvalue weighted by Crippen LogP contribution is -1.99. The number of fused-ring (bicyclic) bond motifs is 1. The van der Waals surface area contributed by atoms with Gasteiger partial charge in [0.25, 0.3) is 0 Å². The molecular weight excluding hydrogens is 314 g/mol. The molecule has 0 bridgehead atoms. The number of hydrogen-bond acceptors (Lipinski definition) is 2. The summed E-state index contributed by atoms with van der Waals surface area (Å²) >= 11 is 3.49. The summed E-state index contributed by atoms with van der Waals surface area (Å²) in [5, 5.41) is 10.9. The van der Waals surface area contributed by atoms with Crippen molar-refractivity contribution in [3.63, 3.8) is 0 Å². The molecule has 0 amide bonds. The van der Waals surface area contributed by atoms with Crippen LogP contribution in [0, 0.1) is 6.92 Å². The molecule has 0 spiro atoms. The van der Waals surface area contributed by atoms with Crippen LogP contribution in [0.2, 0.25) is 0 Å². The Morgan fingerprint density at radius 1 is 1.05 bits per heavy atom. The SMILES string of the molecule is Cc1nnc(Br)n1-c1ccc(C2CC2)c2ccccc12. The molecule has 0 atom stereocenters. The second-order valence-corrected chi connectivity index (χ2v) is 6.05. The summed E-state index contributed by atoms with van der Waals surface area (Å²) in [4.78, 5) is 0. The van der Waals surface area contributed by atoms with Gasteiger partial charge in [0, 0.05) is 5.39 Å². The van der Waals surface area contributed by atoms with Crippen molar-refractivity contribution in [2.75, 3.05) is 0 Å². The lowest BCUT2D eigenvalue weighted by atomic mass is 9.99. The van der Waals surface area contributed by atoms with Crippen LogP contribution in [0.15, 0.2) is 41.1 Å². The van der Waals surface area contributed by atoms with Gasteiger partial charge in [-0.25, -0.2) is 0 Å². The smallest absolute Gasteiger partial charge is 0.204 e. The molecule has 4 heteroatoms. The van der Waals surface area contributed by atoms with Crippen molar-refractivity contribution in [2.24, 2.45) is 0 Å². The molecular formula is C16H14BrN3. The molecule has 0 aliphatic heterocycles. The molecule has 0 unspecified atom stereocenters. The normalized spacial score (nSPS) is 14.9. The van der Waals surface area contributed by atoms with Crippen LogP contribution in [0.3, 0.4) is 0 Å². The van der Waals surface area contributed by atoms with Gasteiger partial charge < -0.3 is 0 Å². The van der Waals surface area contributed by atoms with Crippen LogP contribution in [-0.4, -0.2) is 14.8 Å². The molecule has 1 aliphatic carbocycles. The Balaban J connectivity index is 2.04. The molecule has 0 N–H and O–H groups in total. The minimum Gasteiger partial charge on any atom is -0.273 e. The summed E-state index contributed by atoms with van der Waals surface area (Å²) in [5.74, 6) is 1.64. The maximum atomic E-state index is 4.14. The van der Waals surface area contributed by atoms with E-state index in [-0.39, 0.29) is 0 Å². The molecule has 0 saturated heterocycles. The van der Waals surface area contributed by atoms with Gasteiger partial charge in [-0.05, 0) is 58.6 Å². The molecule has 1 saturated carbocycles. The third-order valence-electron chi connectivity index (χ3n) is 3.98. The van der Waals surface area contributed by atoms with E-state index in [1.54, 1.807) is 0 Å². The van der Waals surface area contributed by atoms with E-state index >= 15 is 0 Å². The third-order valence-corrected chi connectivity index (χ3v) is 4.49. The first kappa shape index (κ1) is 12.1. The molecule has 3 aromatic rings. The third kappa shape index (κ3) is 1.79. The van der Waals surface area contributed by atoms with Crippen LogP contribution in [0.1, 0.15) is 30.1 Å². The van der Waals surface area contributed by atoms with E-state index in [9.17, 15) is 0 Å². The van der Waals surface area contributed by atoms with Gasteiger partial charge in [-0.1, -0.05) is 30.3 Å². The van der Waals surface area contributed by atoms with Gasteiger partial charge in [0.05, 0.1) is 5.69 Å². The highest BCUT2D eigenvalue weighted by molar-refractivity contribution is 9.10. The van der Waals surface area contributed by atoms with Crippen LogP contribution in [-0.2, 0) is 0 Å². The minimum atomic E-state index is 0.749. The largest absolute Gasteiger partial charge is 0.273 e. The number of aromatic nitrogens is 3. The van der Waals surface area contributed by atoms with Crippen molar-refractivity contribution >= 4 is 26.7 Å². The van der Waals surface area contributed by atoms with Crippen molar-refractivity contribution < 1.29 is 0 Å². The predicted molar refractivity (Wildman–Crippen MR) is 83.3 cm³/mol. The molecule has 1 aliphatic rings. The highest BCUT2D eigenvalue weighted by Gasteiger charge is 2.26. The van der Waals surface area contributed by atoms with E-state index in [2.05, 4.69) is 67.1 Å². The van der Waals surface area contributed by atoms with Gasteiger partial charge in [0.15, 0.2) is 0 Å². The van der Waals surface area contributed by atoms with E-state index in [1.165, 1.54) is 29.2 Å². The van der Waals surface area contributed by atoms with Gasteiger partial charge in [-0.15, -0.1) is 10.2 Å². The highest BCUT2D eigenvalue weighted by atomic mass is 79.9. The zero-order chi connectivity index (χ0) is 13.7. The number of rotatable bonds is 2. The van der Waals surface area contributed by atoms with E-state index in [4.69, 9.17) is 0 Å². The standard InChI is InChI=1S/C16H14BrN3/c1-10-18-19-16(17)20(10)15-9-8-12(11-6-7-11)13-4-2-3-5-14(13)15/h2-5,8-9,11H,6-7H2,1H3. The van der Waals surface area contributed by atoms with Crippen LogP contribution in [0.25, 0.3) is 16.5 Å². The fourth-order valence-corrected chi connectivity index (χ4v) is 3.39. The number of nitrogens with zero attached hydrogens (tertiary/aromatic N) is 3. The molecule has 4 rings (SSSR count). The Bertz CT molecular complexity index is 783.